The summed E-state index contributed by atoms with van der Waals surface area (Å²) in [5.41, 5.74) is 0. The van der Waals surface area contributed by atoms with Crippen LogP contribution >= 0.6 is 0 Å². The average Bonchev–Trinajstić information content (AvgIpc) is 3.12. The van der Waals surface area contributed by atoms with Crippen LogP contribution in [0.1, 0.15) is 84.0 Å². The van der Waals surface area contributed by atoms with Crippen LogP contribution in [0.2, 0.25) is 0 Å². The molecule has 1 saturated heterocycles. The first-order valence-electron chi connectivity index (χ1n) is 8.14. The van der Waals surface area contributed by atoms with Crippen LogP contribution < -0.4 is 0 Å². The summed E-state index contributed by atoms with van der Waals surface area (Å²) in [7, 11) is 0. The van der Waals surface area contributed by atoms with Gasteiger partial charge in [-0.15, -0.1) is 0 Å². The molecule has 0 radical (unpaired) electrons. The van der Waals surface area contributed by atoms with E-state index in [9.17, 15) is 0 Å². The molecule has 0 aromatic carbocycles. The highest BCUT2D eigenvalue weighted by Gasteiger charge is 2.36. The first-order valence-corrected chi connectivity index (χ1v) is 8.14. The Hall–Kier alpha value is -0.0800. The molecule has 1 heterocycles. The van der Waals surface area contributed by atoms with Crippen molar-refractivity contribution < 1.29 is 9.84 Å². The zero-order chi connectivity index (χ0) is 13.1. The summed E-state index contributed by atoms with van der Waals surface area (Å²) in [4.78, 5) is 0. The summed E-state index contributed by atoms with van der Waals surface area (Å²) in [5, 5.41) is 8.67. The number of ether oxygens (including phenoxy) is 1. The van der Waals surface area contributed by atoms with Crippen LogP contribution in [0.15, 0.2) is 0 Å². The maximum absolute atomic E-state index is 8.67. The molecule has 0 spiro atoms. The van der Waals surface area contributed by atoms with E-state index in [-0.39, 0.29) is 0 Å². The molecule has 18 heavy (non-hydrogen) atoms. The summed E-state index contributed by atoms with van der Waals surface area (Å²) in [6, 6.07) is 0. The van der Waals surface area contributed by atoms with Crippen LogP contribution in [-0.4, -0.2) is 23.9 Å². The Morgan fingerprint density at radius 3 is 1.78 bits per heavy atom. The van der Waals surface area contributed by atoms with Gasteiger partial charge in [-0.05, 0) is 19.3 Å². The summed E-state index contributed by atoms with van der Waals surface area (Å²) < 4.78 is 5.71. The largest absolute Gasteiger partial charge is 0.396 e. The highest BCUT2D eigenvalue weighted by molar-refractivity contribution is 4.84. The molecule has 2 nitrogen and oxygen atoms in total. The van der Waals surface area contributed by atoms with Crippen LogP contribution in [0.25, 0.3) is 0 Å². The first-order chi connectivity index (χ1) is 8.88. The van der Waals surface area contributed by atoms with E-state index >= 15 is 0 Å². The van der Waals surface area contributed by atoms with E-state index < -0.39 is 0 Å². The molecule has 0 aliphatic carbocycles. The fourth-order valence-electron chi connectivity index (χ4n) is 2.62. The molecule has 0 aromatic heterocycles. The number of unbranched alkanes of at least 4 members (excludes halogenated alkanes) is 8. The molecule has 1 aliphatic rings. The zero-order valence-electron chi connectivity index (χ0n) is 12.2. The first kappa shape index (κ1) is 16.0. The number of hydrogen-bond acceptors (Lipinski definition) is 2. The highest BCUT2D eigenvalue weighted by Crippen LogP contribution is 2.31. The van der Waals surface area contributed by atoms with Crippen LogP contribution in [0.5, 0.6) is 0 Å². The number of epoxide rings is 1. The van der Waals surface area contributed by atoms with E-state index in [1.54, 1.807) is 0 Å². The van der Waals surface area contributed by atoms with Gasteiger partial charge in [-0.1, -0.05) is 64.7 Å². The minimum absolute atomic E-state index is 0.357. The van der Waals surface area contributed by atoms with Gasteiger partial charge in [-0.3, -0.25) is 0 Å². The predicted molar refractivity (Wildman–Crippen MR) is 76.8 cm³/mol. The highest BCUT2D eigenvalue weighted by atomic mass is 16.6. The molecule has 2 unspecified atom stereocenters. The molecule has 108 valence electrons. The van der Waals surface area contributed by atoms with Crippen molar-refractivity contribution in [2.75, 3.05) is 6.61 Å². The molecule has 2 heteroatoms. The van der Waals surface area contributed by atoms with Crippen LogP contribution in [-0.2, 0) is 4.74 Å². The normalized spacial score (nSPS) is 22.3. The van der Waals surface area contributed by atoms with Crippen molar-refractivity contribution in [2.24, 2.45) is 0 Å². The topological polar surface area (TPSA) is 32.8 Å². The molecule has 0 amide bonds. The lowest BCUT2D eigenvalue weighted by atomic mass is 10.0. The fraction of sp³-hybridized carbons (Fsp3) is 1.00. The van der Waals surface area contributed by atoms with Crippen molar-refractivity contribution in [1.82, 2.24) is 0 Å². The zero-order valence-corrected chi connectivity index (χ0v) is 12.2. The van der Waals surface area contributed by atoms with Crippen molar-refractivity contribution in [2.45, 2.75) is 96.2 Å². The third-order valence-electron chi connectivity index (χ3n) is 3.93. The Labute approximate surface area is 113 Å². The number of hydrogen-bond donors (Lipinski definition) is 1. The molecular weight excluding hydrogens is 224 g/mol. The molecular formula is C16H32O2. The molecule has 0 saturated carbocycles. The lowest BCUT2D eigenvalue weighted by Gasteiger charge is -2.00. The van der Waals surface area contributed by atoms with E-state index in [1.165, 1.54) is 70.6 Å². The Bertz CT molecular complexity index is 182. The second-order valence-corrected chi connectivity index (χ2v) is 5.70. The van der Waals surface area contributed by atoms with Crippen LogP contribution in [0.3, 0.4) is 0 Å². The maximum Gasteiger partial charge on any atom is 0.0841 e. The lowest BCUT2D eigenvalue weighted by Crippen LogP contribution is -1.94. The van der Waals surface area contributed by atoms with E-state index in [1.807, 2.05) is 0 Å². The standard InChI is InChI=1S/C16H32O2/c1-2-3-4-9-12-15-16(18-15)13-10-7-5-6-8-11-14-17/h15-17H,2-14H2,1H3. The molecule has 1 N–H and O–H groups in total. The molecule has 0 bridgehead atoms. The van der Waals surface area contributed by atoms with Gasteiger partial charge >= 0.3 is 0 Å². The summed E-state index contributed by atoms with van der Waals surface area (Å²) in [6.45, 7) is 2.62. The third kappa shape index (κ3) is 8.10. The van der Waals surface area contributed by atoms with Crippen LogP contribution in [0.4, 0.5) is 0 Å². The summed E-state index contributed by atoms with van der Waals surface area (Å²) in [6.07, 6.45) is 16.7. The number of aliphatic hydroxyl groups is 1. The van der Waals surface area contributed by atoms with Crippen molar-refractivity contribution >= 4 is 0 Å². The maximum atomic E-state index is 8.67. The average molecular weight is 256 g/mol. The Kier molecular flexibility index (Phi) is 9.59. The molecule has 1 rings (SSSR count). The lowest BCUT2D eigenvalue weighted by molar-refractivity contribution is 0.282. The number of rotatable bonds is 13. The van der Waals surface area contributed by atoms with Crippen molar-refractivity contribution in [3.63, 3.8) is 0 Å². The summed E-state index contributed by atoms with van der Waals surface area (Å²) in [5.74, 6) is 0. The second-order valence-electron chi connectivity index (χ2n) is 5.70. The van der Waals surface area contributed by atoms with Gasteiger partial charge < -0.3 is 9.84 Å². The number of aliphatic hydroxyl groups excluding tert-OH is 1. The minimum Gasteiger partial charge on any atom is -0.396 e. The van der Waals surface area contributed by atoms with Crippen molar-refractivity contribution in [1.29, 1.82) is 0 Å². The van der Waals surface area contributed by atoms with E-state index in [2.05, 4.69) is 6.92 Å². The van der Waals surface area contributed by atoms with E-state index in [0.717, 1.165) is 6.42 Å². The van der Waals surface area contributed by atoms with E-state index in [4.69, 9.17) is 9.84 Å². The Morgan fingerprint density at radius 2 is 1.22 bits per heavy atom. The van der Waals surface area contributed by atoms with Gasteiger partial charge in [0.25, 0.3) is 0 Å². The van der Waals surface area contributed by atoms with Gasteiger partial charge in [0.15, 0.2) is 0 Å². The second kappa shape index (κ2) is 10.8. The monoisotopic (exact) mass is 256 g/mol. The Morgan fingerprint density at radius 1 is 0.722 bits per heavy atom. The SMILES string of the molecule is CCCCCCC1OC1CCCCCCCCO. The van der Waals surface area contributed by atoms with Gasteiger partial charge in [-0.25, -0.2) is 0 Å². The third-order valence-corrected chi connectivity index (χ3v) is 3.93. The van der Waals surface area contributed by atoms with Gasteiger partial charge in [0.2, 0.25) is 0 Å². The molecule has 1 aliphatic heterocycles. The van der Waals surface area contributed by atoms with Gasteiger partial charge in [-0.2, -0.15) is 0 Å². The Balaban J connectivity index is 1.76. The molecule has 1 fully saturated rings. The summed E-state index contributed by atoms with van der Waals surface area (Å²) >= 11 is 0. The quantitative estimate of drug-likeness (QED) is 0.390. The van der Waals surface area contributed by atoms with Crippen LogP contribution in [0, 0.1) is 0 Å². The minimum atomic E-state index is 0.357. The van der Waals surface area contributed by atoms with Crippen molar-refractivity contribution in [3.05, 3.63) is 0 Å². The molecule has 2 atom stereocenters. The van der Waals surface area contributed by atoms with Gasteiger partial charge in [0.1, 0.15) is 0 Å². The van der Waals surface area contributed by atoms with E-state index in [0.29, 0.717) is 18.8 Å². The predicted octanol–water partition coefficient (Wildman–Crippen LogP) is 4.45. The smallest absolute Gasteiger partial charge is 0.0841 e. The molecule has 0 aromatic rings. The fourth-order valence-corrected chi connectivity index (χ4v) is 2.62. The van der Waals surface area contributed by atoms with Gasteiger partial charge in [0.05, 0.1) is 12.2 Å². The van der Waals surface area contributed by atoms with Crippen molar-refractivity contribution in [3.8, 4) is 0 Å². The van der Waals surface area contributed by atoms with Gasteiger partial charge in [0, 0.05) is 6.61 Å².